The summed E-state index contributed by atoms with van der Waals surface area (Å²) in [7, 11) is 4.73. The summed E-state index contributed by atoms with van der Waals surface area (Å²) in [4.78, 5) is 12.6. The highest BCUT2D eigenvalue weighted by atomic mass is 16.5. The highest BCUT2D eigenvalue weighted by molar-refractivity contribution is 6.07. The third kappa shape index (κ3) is 5.49. The maximum atomic E-state index is 12.6. The van der Waals surface area contributed by atoms with E-state index in [0.717, 1.165) is 33.8 Å². The Kier molecular flexibility index (Phi) is 7.55. The lowest BCUT2D eigenvalue weighted by Crippen LogP contribution is -2.01. The van der Waals surface area contributed by atoms with E-state index in [9.17, 15) is 4.79 Å². The molecule has 0 radical (unpaired) electrons. The summed E-state index contributed by atoms with van der Waals surface area (Å²) in [5.41, 5.74) is 4.51. The minimum absolute atomic E-state index is 0.130. The second-order valence-corrected chi connectivity index (χ2v) is 7.40. The molecule has 0 atom stereocenters. The van der Waals surface area contributed by atoms with Gasteiger partial charge in [-0.15, -0.1) is 0 Å². The first-order valence-electron chi connectivity index (χ1n) is 10.3. The number of methoxy groups -OCH3 is 3. The Hall–Kier alpha value is -3.73. The molecule has 32 heavy (non-hydrogen) atoms. The quantitative estimate of drug-likeness (QED) is 0.316. The first kappa shape index (κ1) is 22.9. The van der Waals surface area contributed by atoms with E-state index >= 15 is 0 Å². The van der Waals surface area contributed by atoms with Crippen molar-refractivity contribution in [3.63, 3.8) is 0 Å². The molecule has 5 heteroatoms. The summed E-state index contributed by atoms with van der Waals surface area (Å²) >= 11 is 0. The zero-order valence-electron chi connectivity index (χ0n) is 19.1. The van der Waals surface area contributed by atoms with Crippen LogP contribution in [0.4, 0.5) is 0 Å². The predicted molar refractivity (Wildman–Crippen MR) is 126 cm³/mol. The Morgan fingerprint density at radius 1 is 0.781 bits per heavy atom. The Labute approximate surface area is 189 Å². The van der Waals surface area contributed by atoms with Gasteiger partial charge in [0, 0.05) is 11.1 Å². The number of carbonyl (C=O) groups excluding carboxylic acids is 1. The van der Waals surface area contributed by atoms with E-state index in [1.807, 2.05) is 44.2 Å². The van der Waals surface area contributed by atoms with E-state index in [1.165, 1.54) is 0 Å². The number of aryl methyl sites for hydroxylation is 2. The van der Waals surface area contributed by atoms with Gasteiger partial charge in [-0.25, -0.2) is 0 Å². The summed E-state index contributed by atoms with van der Waals surface area (Å²) in [5, 5.41) is 0. The fraction of sp³-hybridized carbons (Fsp3) is 0.222. The zero-order chi connectivity index (χ0) is 23.1. The monoisotopic (exact) mass is 432 g/mol. The van der Waals surface area contributed by atoms with Crippen molar-refractivity contribution in [3.8, 4) is 23.0 Å². The van der Waals surface area contributed by atoms with E-state index in [4.69, 9.17) is 18.9 Å². The molecule has 0 unspecified atom stereocenters. The van der Waals surface area contributed by atoms with Crippen molar-refractivity contribution < 1.29 is 23.7 Å². The van der Waals surface area contributed by atoms with Crippen LogP contribution >= 0.6 is 0 Å². The molecule has 0 heterocycles. The lowest BCUT2D eigenvalue weighted by atomic mass is 10.1. The minimum atomic E-state index is -0.130. The molecule has 0 N–H and O–H groups in total. The predicted octanol–water partition coefficient (Wildman–Crippen LogP) is 5.80. The molecule has 0 bridgehead atoms. The number of benzene rings is 3. The van der Waals surface area contributed by atoms with Gasteiger partial charge in [0.15, 0.2) is 17.3 Å². The summed E-state index contributed by atoms with van der Waals surface area (Å²) in [5.74, 6) is 2.55. The summed E-state index contributed by atoms with van der Waals surface area (Å²) < 4.78 is 22.0. The van der Waals surface area contributed by atoms with Crippen molar-refractivity contribution in [2.24, 2.45) is 0 Å². The minimum Gasteiger partial charge on any atom is -0.496 e. The van der Waals surface area contributed by atoms with Crippen molar-refractivity contribution in [2.75, 3.05) is 21.3 Å². The number of carbonyl (C=O) groups is 1. The molecule has 3 aromatic carbocycles. The van der Waals surface area contributed by atoms with Crippen LogP contribution in [0.1, 0.15) is 32.6 Å². The molecule has 0 aromatic heterocycles. The SMILES string of the molecule is COc1ccc(/C=C/C(=O)c2ccc(OC)c(OC)c2)cc1COc1cc(C)ccc1C. The lowest BCUT2D eigenvalue weighted by molar-refractivity contribution is 0.104. The molecule has 166 valence electrons. The number of allylic oxidation sites excluding steroid dienone is 1. The molecular weight excluding hydrogens is 404 g/mol. The van der Waals surface area contributed by atoms with Crippen LogP contribution in [0.15, 0.2) is 60.7 Å². The molecular formula is C27H28O5. The van der Waals surface area contributed by atoms with E-state index in [0.29, 0.717) is 23.7 Å². The van der Waals surface area contributed by atoms with Crippen LogP contribution in [-0.4, -0.2) is 27.1 Å². The van der Waals surface area contributed by atoms with Crippen molar-refractivity contribution in [3.05, 3.63) is 88.5 Å². The second kappa shape index (κ2) is 10.5. The topological polar surface area (TPSA) is 54.0 Å². The van der Waals surface area contributed by atoms with Gasteiger partial charge in [-0.05, 0) is 73.0 Å². The Morgan fingerprint density at radius 2 is 1.50 bits per heavy atom. The van der Waals surface area contributed by atoms with Gasteiger partial charge in [0.2, 0.25) is 0 Å². The molecule has 5 nitrogen and oxygen atoms in total. The van der Waals surface area contributed by atoms with Crippen LogP contribution in [0, 0.1) is 13.8 Å². The van der Waals surface area contributed by atoms with Crippen molar-refractivity contribution in [2.45, 2.75) is 20.5 Å². The normalized spacial score (nSPS) is 10.8. The van der Waals surface area contributed by atoms with E-state index in [-0.39, 0.29) is 5.78 Å². The van der Waals surface area contributed by atoms with Crippen LogP contribution in [0.25, 0.3) is 6.08 Å². The molecule has 0 aliphatic heterocycles. The average molecular weight is 433 g/mol. The van der Waals surface area contributed by atoms with Crippen molar-refractivity contribution >= 4 is 11.9 Å². The maximum absolute atomic E-state index is 12.6. The molecule has 0 spiro atoms. The van der Waals surface area contributed by atoms with E-state index in [1.54, 1.807) is 51.7 Å². The molecule has 0 saturated heterocycles. The van der Waals surface area contributed by atoms with Gasteiger partial charge in [0.05, 0.1) is 21.3 Å². The van der Waals surface area contributed by atoms with Gasteiger partial charge in [0.25, 0.3) is 0 Å². The number of rotatable bonds is 9. The highest BCUT2D eigenvalue weighted by Crippen LogP contribution is 2.28. The van der Waals surface area contributed by atoms with E-state index in [2.05, 4.69) is 6.07 Å². The van der Waals surface area contributed by atoms with Crippen LogP contribution in [0.2, 0.25) is 0 Å². The summed E-state index contributed by atoms with van der Waals surface area (Å²) in [6, 6.07) is 17.0. The molecule has 0 aliphatic carbocycles. The standard InChI is InChI=1S/C27H28O5/c1-18-6-7-19(2)26(14-18)32-17-22-15-20(9-12-24(22)29-3)8-11-23(28)21-10-13-25(30-4)27(16-21)31-5/h6-16H,17H2,1-5H3/b11-8+. The fourth-order valence-corrected chi connectivity index (χ4v) is 3.29. The van der Waals surface area contributed by atoms with Gasteiger partial charge in [-0.3, -0.25) is 4.79 Å². The number of ketones is 1. The van der Waals surface area contributed by atoms with Gasteiger partial charge >= 0.3 is 0 Å². The van der Waals surface area contributed by atoms with Crippen LogP contribution in [-0.2, 0) is 6.61 Å². The van der Waals surface area contributed by atoms with Crippen LogP contribution < -0.4 is 18.9 Å². The zero-order valence-corrected chi connectivity index (χ0v) is 19.1. The average Bonchev–Trinajstić information content (AvgIpc) is 2.82. The van der Waals surface area contributed by atoms with Gasteiger partial charge in [-0.1, -0.05) is 24.3 Å². The molecule has 0 amide bonds. The lowest BCUT2D eigenvalue weighted by Gasteiger charge is -2.13. The van der Waals surface area contributed by atoms with Crippen molar-refractivity contribution in [1.82, 2.24) is 0 Å². The third-order valence-electron chi connectivity index (χ3n) is 5.13. The first-order valence-corrected chi connectivity index (χ1v) is 10.3. The highest BCUT2D eigenvalue weighted by Gasteiger charge is 2.10. The van der Waals surface area contributed by atoms with Crippen LogP contribution in [0.3, 0.4) is 0 Å². The summed E-state index contributed by atoms with van der Waals surface area (Å²) in [6.45, 7) is 4.41. The van der Waals surface area contributed by atoms with Crippen molar-refractivity contribution in [1.29, 1.82) is 0 Å². The molecule has 3 rings (SSSR count). The van der Waals surface area contributed by atoms with Gasteiger partial charge < -0.3 is 18.9 Å². The molecule has 0 fully saturated rings. The molecule has 0 saturated carbocycles. The molecule has 0 aliphatic rings. The number of ether oxygens (including phenoxy) is 4. The third-order valence-corrected chi connectivity index (χ3v) is 5.13. The smallest absolute Gasteiger partial charge is 0.185 e. The van der Waals surface area contributed by atoms with Gasteiger partial charge in [0.1, 0.15) is 18.1 Å². The molecule has 3 aromatic rings. The first-order chi connectivity index (χ1) is 15.4. The number of hydrogen-bond donors (Lipinski definition) is 0. The Morgan fingerprint density at radius 3 is 2.22 bits per heavy atom. The maximum Gasteiger partial charge on any atom is 0.185 e. The van der Waals surface area contributed by atoms with Crippen LogP contribution in [0.5, 0.6) is 23.0 Å². The Balaban J connectivity index is 1.78. The summed E-state index contributed by atoms with van der Waals surface area (Å²) in [6.07, 6.45) is 3.32. The van der Waals surface area contributed by atoms with Gasteiger partial charge in [-0.2, -0.15) is 0 Å². The van der Waals surface area contributed by atoms with E-state index < -0.39 is 0 Å². The second-order valence-electron chi connectivity index (χ2n) is 7.40. The number of hydrogen-bond acceptors (Lipinski definition) is 5. The Bertz CT molecular complexity index is 1130. The largest absolute Gasteiger partial charge is 0.496 e. The fourth-order valence-electron chi connectivity index (χ4n) is 3.29.